The molecular formula is C17H26FN. The summed E-state index contributed by atoms with van der Waals surface area (Å²) in [6.45, 7) is 7.75. The van der Waals surface area contributed by atoms with Crippen molar-refractivity contribution >= 4 is 0 Å². The van der Waals surface area contributed by atoms with Gasteiger partial charge in [0.05, 0.1) is 0 Å². The summed E-state index contributed by atoms with van der Waals surface area (Å²) in [5, 5.41) is 3.66. The standard InChI is InChI=1S/C17H26FN/c1-12(2)16-8-7-13(3)9-17(16)19-11-14-5-4-6-15(18)10-14/h4-6,10,12-13,16-17,19H,7-9,11H2,1-3H3. The largest absolute Gasteiger partial charge is 0.310 e. The first kappa shape index (κ1) is 14.5. The van der Waals surface area contributed by atoms with Crippen molar-refractivity contribution in [3.8, 4) is 0 Å². The number of hydrogen-bond acceptors (Lipinski definition) is 1. The Bertz CT molecular complexity index is 402. The van der Waals surface area contributed by atoms with E-state index in [0.29, 0.717) is 6.04 Å². The van der Waals surface area contributed by atoms with Crippen molar-refractivity contribution in [3.05, 3.63) is 35.6 Å². The maximum atomic E-state index is 13.2. The predicted molar refractivity (Wildman–Crippen MR) is 78.4 cm³/mol. The van der Waals surface area contributed by atoms with Gasteiger partial charge in [-0.1, -0.05) is 39.3 Å². The second-order valence-corrected chi connectivity index (χ2v) is 6.44. The molecule has 0 heterocycles. The van der Waals surface area contributed by atoms with E-state index in [1.54, 1.807) is 12.1 Å². The molecule has 0 spiro atoms. The van der Waals surface area contributed by atoms with E-state index in [2.05, 4.69) is 26.1 Å². The minimum Gasteiger partial charge on any atom is -0.310 e. The Hall–Kier alpha value is -0.890. The number of nitrogens with one attached hydrogen (secondary N) is 1. The van der Waals surface area contributed by atoms with E-state index in [0.717, 1.165) is 29.9 Å². The van der Waals surface area contributed by atoms with E-state index >= 15 is 0 Å². The number of hydrogen-bond donors (Lipinski definition) is 1. The normalized spacial score (nSPS) is 27.7. The van der Waals surface area contributed by atoms with E-state index in [4.69, 9.17) is 0 Å². The van der Waals surface area contributed by atoms with Crippen LogP contribution in [0.2, 0.25) is 0 Å². The van der Waals surface area contributed by atoms with Gasteiger partial charge in [0.15, 0.2) is 0 Å². The molecule has 3 atom stereocenters. The minimum absolute atomic E-state index is 0.142. The summed E-state index contributed by atoms with van der Waals surface area (Å²) in [5.41, 5.74) is 1.04. The van der Waals surface area contributed by atoms with Crippen molar-refractivity contribution in [2.75, 3.05) is 0 Å². The summed E-state index contributed by atoms with van der Waals surface area (Å²) in [5.74, 6) is 2.14. The molecule has 0 amide bonds. The molecule has 0 aliphatic heterocycles. The molecular weight excluding hydrogens is 237 g/mol. The lowest BCUT2D eigenvalue weighted by Crippen LogP contribution is -2.42. The highest BCUT2D eigenvalue weighted by atomic mass is 19.1. The van der Waals surface area contributed by atoms with Gasteiger partial charge in [0.2, 0.25) is 0 Å². The highest BCUT2D eigenvalue weighted by molar-refractivity contribution is 5.16. The van der Waals surface area contributed by atoms with Crippen LogP contribution in [-0.2, 0) is 6.54 Å². The number of benzene rings is 1. The van der Waals surface area contributed by atoms with Crippen LogP contribution in [0.15, 0.2) is 24.3 Å². The first-order chi connectivity index (χ1) is 9.06. The lowest BCUT2D eigenvalue weighted by molar-refractivity contribution is 0.169. The Kier molecular flexibility index (Phi) is 4.98. The van der Waals surface area contributed by atoms with Crippen molar-refractivity contribution in [2.24, 2.45) is 17.8 Å². The molecule has 1 saturated carbocycles. The van der Waals surface area contributed by atoms with E-state index in [1.165, 1.54) is 25.3 Å². The van der Waals surface area contributed by atoms with Gasteiger partial charge in [-0.05, 0) is 48.3 Å². The van der Waals surface area contributed by atoms with E-state index in [9.17, 15) is 4.39 Å². The Morgan fingerprint density at radius 1 is 1.32 bits per heavy atom. The molecule has 1 aliphatic rings. The molecule has 2 rings (SSSR count). The Balaban J connectivity index is 1.95. The fourth-order valence-corrected chi connectivity index (χ4v) is 3.33. The summed E-state index contributed by atoms with van der Waals surface area (Å²) in [6, 6.07) is 7.49. The molecule has 1 aromatic rings. The Labute approximate surface area is 116 Å². The van der Waals surface area contributed by atoms with Crippen LogP contribution in [0.3, 0.4) is 0 Å². The van der Waals surface area contributed by atoms with Crippen molar-refractivity contribution in [3.63, 3.8) is 0 Å². The second-order valence-electron chi connectivity index (χ2n) is 6.44. The van der Waals surface area contributed by atoms with Crippen LogP contribution in [0.25, 0.3) is 0 Å². The maximum Gasteiger partial charge on any atom is 0.123 e. The summed E-state index contributed by atoms with van der Waals surface area (Å²) in [7, 11) is 0. The monoisotopic (exact) mass is 263 g/mol. The highest BCUT2D eigenvalue weighted by Gasteiger charge is 2.30. The molecule has 2 heteroatoms. The summed E-state index contributed by atoms with van der Waals surface area (Å²) in [6.07, 6.45) is 3.92. The van der Waals surface area contributed by atoms with Crippen LogP contribution < -0.4 is 5.32 Å². The van der Waals surface area contributed by atoms with Crippen LogP contribution in [0.4, 0.5) is 4.39 Å². The average molecular weight is 263 g/mol. The third-order valence-corrected chi connectivity index (χ3v) is 4.48. The molecule has 0 bridgehead atoms. The quantitative estimate of drug-likeness (QED) is 0.850. The topological polar surface area (TPSA) is 12.0 Å². The molecule has 3 unspecified atom stereocenters. The number of halogens is 1. The van der Waals surface area contributed by atoms with Gasteiger partial charge >= 0.3 is 0 Å². The molecule has 1 aromatic carbocycles. The first-order valence-corrected chi connectivity index (χ1v) is 7.54. The van der Waals surface area contributed by atoms with Crippen LogP contribution in [0.5, 0.6) is 0 Å². The van der Waals surface area contributed by atoms with Crippen LogP contribution in [0.1, 0.15) is 45.6 Å². The molecule has 19 heavy (non-hydrogen) atoms. The third-order valence-electron chi connectivity index (χ3n) is 4.48. The smallest absolute Gasteiger partial charge is 0.123 e. The SMILES string of the molecule is CC1CCC(C(C)C)C(NCc2cccc(F)c2)C1. The molecule has 1 aliphatic carbocycles. The fourth-order valence-electron chi connectivity index (χ4n) is 3.33. The molecule has 0 radical (unpaired) electrons. The highest BCUT2D eigenvalue weighted by Crippen LogP contribution is 2.33. The summed E-state index contributed by atoms with van der Waals surface area (Å²) in [4.78, 5) is 0. The molecule has 0 saturated heterocycles. The predicted octanol–water partition coefficient (Wildman–Crippen LogP) is 4.38. The van der Waals surface area contributed by atoms with Gasteiger partial charge in [0, 0.05) is 12.6 Å². The van der Waals surface area contributed by atoms with E-state index in [1.807, 2.05) is 6.07 Å². The second kappa shape index (κ2) is 6.51. The average Bonchev–Trinajstić information content (AvgIpc) is 2.36. The van der Waals surface area contributed by atoms with Gasteiger partial charge in [0.1, 0.15) is 5.82 Å². The third kappa shape index (κ3) is 4.04. The van der Waals surface area contributed by atoms with Gasteiger partial charge in [-0.2, -0.15) is 0 Å². The minimum atomic E-state index is -0.142. The zero-order valence-electron chi connectivity index (χ0n) is 12.3. The zero-order valence-corrected chi connectivity index (χ0v) is 12.3. The van der Waals surface area contributed by atoms with Crippen molar-refractivity contribution < 1.29 is 4.39 Å². The van der Waals surface area contributed by atoms with Crippen LogP contribution in [-0.4, -0.2) is 6.04 Å². The Morgan fingerprint density at radius 2 is 2.11 bits per heavy atom. The molecule has 1 fully saturated rings. The van der Waals surface area contributed by atoms with Crippen LogP contribution >= 0.6 is 0 Å². The molecule has 106 valence electrons. The van der Waals surface area contributed by atoms with Crippen molar-refractivity contribution in [1.29, 1.82) is 0 Å². The molecule has 0 aromatic heterocycles. The van der Waals surface area contributed by atoms with E-state index < -0.39 is 0 Å². The van der Waals surface area contributed by atoms with Gasteiger partial charge in [0.25, 0.3) is 0 Å². The zero-order chi connectivity index (χ0) is 13.8. The lowest BCUT2D eigenvalue weighted by Gasteiger charge is -2.38. The first-order valence-electron chi connectivity index (χ1n) is 7.54. The number of rotatable bonds is 4. The van der Waals surface area contributed by atoms with Crippen molar-refractivity contribution in [1.82, 2.24) is 5.32 Å². The Morgan fingerprint density at radius 3 is 2.79 bits per heavy atom. The lowest BCUT2D eigenvalue weighted by atomic mass is 9.74. The summed E-state index contributed by atoms with van der Waals surface area (Å²) < 4.78 is 13.2. The van der Waals surface area contributed by atoms with Gasteiger partial charge in [-0.25, -0.2) is 4.39 Å². The summed E-state index contributed by atoms with van der Waals surface area (Å²) >= 11 is 0. The van der Waals surface area contributed by atoms with Gasteiger partial charge < -0.3 is 5.32 Å². The maximum absolute atomic E-state index is 13.2. The molecule has 1 N–H and O–H groups in total. The van der Waals surface area contributed by atoms with E-state index in [-0.39, 0.29) is 5.82 Å². The van der Waals surface area contributed by atoms with Crippen LogP contribution in [0, 0.1) is 23.6 Å². The molecule has 1 nitrogen and oxygen atoms in total. The van der Waals surface area contributed by atoms with Gasteiger partial charge in [-0.3, -0.25) is 0 Å². The fraction of sp³-hybridized carbons (Fsp3) is 0.647. The van der Waals surface area contributed by atoms with Gasteiger partial charge in [-0.15, -0.1) is 0 Å². The van der Waals surface area contributed by atoms with Crippen molar-refractivity contribution in [2.45, 2.75) is 52.6 Å².